The second kappa shape index (κ2) is 24.9. The second-order valence-corrected chi connectivity index (χ2v) is 21.6. The maximum atomic E-state index is 15.3. The minimum atomic E-state index is -1.50. The van der Waals surface area contributed by atoms with Crippen LogP contribution in [0.4, 0.5) is 5.69 Å². The summed E-state index contributed by atoms with van der Waals surface area (Å²) >= 11 is 0. The maximum absolute atomic E-state index is 15.3. The third kappa shape index (κ3) is 14.5. The fourth-order valence-electron chi connectivity index (χ4n) is 9.50. The lowest BCUT2D eigenvalue weighted by molar-refractivity contribution is -0.385. The highest BCUT2D eigenvalue weighted by Gasteiger charge is 2.43. The third-order valence-corrected chi connectivity index (χ3v) is 13.8. The number of phenols is 1. The van der Waals surface area contributed by atoms with Gasteiger partial charge in [-0.3, -0.25) is 43.7 Å². The molecule has 1 aromatic heterocycles. The van der Waals surface area contributed by atoms with Crippen LogP contribution in [-0.4, -0.2) is 135 Å². The Bertz CT molecular complexity index is 2590. The summed E-state index contributed by atoms with van der Waals surface area (Å²) in [5.41, 5.74) is 0.618. The molecule has 2 fully saturated rings. The van der Waals surface area contributed by atoms with Crippen LogP contribution in [0.5, 0.6) is 5.75 Å². The number of phenolic OH excluding ortho intramolecular Hbond substituents is 1. The predicted octanol–water partition coefficient (Wildman–Crippen LogP) is 4.39. The number of nitrogens with zero attached hydrogens (tertiary/aromatic N) is 4. The van der Waals surface area contributed by atoms with Crippen molar-refractivity contribution in [2.24, 2.45) is 17.8 Å². The molecule has 3 aromatic rings. The molecule has 3 heterocycles. The van der Waals surface area contributed by atoms with Gasteiger partial charge in [-0.05, 0) is 94.4 Å². The molecule has 0 saturated carbocycles. The molecular weight excluding hydrogens is 951 g/mol. The van der Waals surface area contributed by atoms with Gasteiger partial charge in [0.25, 0.3) is 0 Å². The van der Waals surface area contributed by atoms with E-state index in [-0.39, 0.29) is 67.9 Å². The zero-order valence-corrected chi connectivity index (χ0v) is 44.9. The number of allylic oxidation sites excluding steroid dienone is 1. The van der Waals surface area contributed by atoms with Crippen LogP contribution < -0.4 is 26.6 Å². The van der Waals surface area contributed by atoms with Crippen molar-refractivity contribution in [1.29, 1.82) is 0 Å². The van der Waals surface area contributed by atoms with Gasteiger partial charge in [-0.25, -0.2) is 0 Å². The zero-order valence-electron chi connectivity index (χ0n) is 44.9. The van der Waals surface area contributed by atoms with Gasteiger partial charge in [-0.1, -0.05) is 78.0 Å². The zero-order chi connectivity index (χ0) is 54.9. The molecule has 74 heavy (non-hydrogen) atoms. The van der Waals surface area contributed by atoms with Crippen LogP contribution >= 0.6 is 0 Å². The Kier molecular flexibility index (Phi) is 19.6. The Balaban J connectivity index is 1.68. The van der Waals surface area contributed by atoms with Gasteiger partial charge in [0.15, 0.2) is 5.75 Å². The molecule has 0 bridgehead atoms. The molecular formula is C54H77N9O11. The first-order chi connectivity index (χ1) is 34.7. The van der Waals surface area contributed by atoms with Crippen LogP contribution in [0.2, 0.25) is 0 Å². The van der Waals surface area contributed by atoms with E-state index in [1.54, 1.807) is 19.1 Å². The van der Waals surface area contributed by atoms with Crippen LogP contribution in [0.1, 0.15) is 106 Å². The number of ether oxygens (including phenoxy) is 1. The number of hydrogen-bond donors (Lipinski definition) is 6. The van der Waals surface area contributed by atoms with E-state index in [1.165, 1.54) is 36.9 Å². The minimum Gasteiger partial charge on any atom is -0.502 e. The van der Waals surface area contributed by atoms with E-state index in [9.17, 15) is 44.0 Å². The van der Waals surface area contributed by atoms with Gasteiger partial charge in [0, 0.05) is 50.1 Å². The third-order valence-electron chi connectivity index (χ3n) is 13.8. The summed E-state index contributed by atoms with van der Waals surface area (Å²) in [6.07, 6.45) is 5.31. The van der Waals surface area contributed by atoms with E-state index < -0.39 is 106 Å². The Morgan fingerprint density at radius 2 is 1.26 bits per heavy atom. The predicted molar refractivity (Wildman–Crippen MR) is 279 cm³/mol. The van der Waals surface area contributed by atoms with E-state index in [1.807, 2.05) is 72.0 Å². The molecule has 0 aliphatic carbocycles. The Hall–Kier alpha value is -6.83. The first kappa shape index (κ1) is 58.1. The lowest BCUT2D eigenvalue weighted by atomic mass is 9.98. The van der Waals surface area contributed by atoms with Crippen molar-refractivity contribution >= 4 is 57.9 Å². The van der Waals surface area contributed by atoms with E-state index in [2.05, 4.69) is 45.0 Å². The molecule has 8 atom stereocenters. The number of para-hydroxylation sites is 1. The molecule has 0 unspecified atom stereocenters. The van der Waals surface area contributed by atoms with E-state index in [0.29, 0.717) is 12.2 Å². The van der Waals surface area contributed by atoms with Crippen molar-refractivity contribution in [1.82, 2.24) is 41.0 Å². The summed E-state index contributed by atoms with van der Waals surface area (Å²) in [5.74, 6) is -6.05. The number of hydrogen-bond acceptors (Lipinski definition) is 11. The maximum Gasteiger partial charge on any atom is 0.310 e. The average molecular weight is 1030 g/mol. The number of rotatable bonds is 15. The van der Waals surface area contributed by atoms with Crippen molar-refractivity contribution in [2.75, 3.05) is 20.7 Å². The smallest absolute Gasteiger partial charge is 0.310 e. The van der Waals surface area contributed by atoms with E-state index in [4.69, 9.17) is 4.74 Å². The molecule has 20 nitrogen and oxygen atoms in total. The lowest BCUT2D eigenvalue weighted by Gasteiger charge is -2.33. The number of carbonyl (C=O) groups excluding carboxylic acids is 7. The molecule has 404 valence electrons. The lowest BCUT2D eigenvalue weighted by Crippen LogP contribution is -2.60. The Morgan fingerprint density at radius 3 is 1.82 bits per heavy atom. The van der Waals surface area contributed by atoms with Gasteiger partial charge in [-0.15, -0.1) is 0 Å². The van der Waals surface area contributed by atoms with Crippen LogP contribution in [0.15, 0.2) is 60.8 Å². The highest BCUT2D eigenvalue weighted by Crippen LogP contribution is 2.36. The topological polar surface area (TPSA) is 267 Å². The fraction of sp³-hybridized carbons (Fsp3) is 0.574. The van der Waals surface area contributed by atoms with E-state index in [0.717, 1.165) is 23.0 Å². The standard InChI is InChI=1S/C54H77N9O11/c1-13-14-18-37-47(65)59-40(27-35-28-62(54(9,10)46-29-74-46)41-19-16-15-17-36(35)41)53(71)61(12)44(24-32(6)7)51(69)58-39(25-34-20-21-45(64)42(26-34)63(72)73)48(66)55-33(8)52(70)60(11)43(23-31(4)5)50(68)57-38(22-30(2)3)49(67)56-37/h13-17,19-21,26,28,30-33,37-40,43-44,46,64H,18,22-25,27,29H2,1-12H3,(H,55,66)(H,56,67)(H,57,68)(H,58,69)(H,59,65)/b14-13+/t33-,37-,38-,39-,40-,43-,44-,46+/m0/s1. The van der Waals surface area contributed by atoms with Gasteiger partial charge in [0.05, 0.1) is 17.1 Å². The van der Waals surface area contributed by atoms with Crippen molar-refractivity contribution in [3.05, 3.63) is 82.1 Å². The number of fused-ring (bicyclic) bond motifs is 1. The number of nitrogens with one attached hydrogen (secondary N) is 5. The molecule has 2 aromatic carbocycles. The normalized spacial score (nSPS) is 24.5. The SMILES string of the molecule is C/C=C/C[C@@H]1NC(=O)[C@H](CC(C)C)NC(=O)[C@H](CC(C)C)N(C)C(=O)[C@H](C)NC(=O)[C@H](Cc2ccc(O)c([N+](=O)[O-])c2)NC(=O)[C@H](CC(C)C)N(C)C(=O)[C@H](Cc2cn(C(C)(C)[C@H]3CO3)c3ccccc23)NC1=O. The van der Waals surface area contributed by atoms with Crippen LogP contribution in [0, 0.1) is 27.9 Å². The Labute approximate surface area is 433 Å². The molecule has 2 aliphatic heterocycles. The van der Waals surface area contributed by atoms with Crippen molar-refractivity contribution in [2.45, 2.75) is 162 Å². The average Bonchev–Trinajstić information content (AvgIpc) is 4.14. The molecule has 20 heteroatoms. The fourth-order valence-corrected chi connectivity index (χ4v) is 9.50. The summed E-state index contributed by atoms with van der Waals surface area (Å²) in [5, 5.41) is 37.0. The molecule has 2 aliphatic rings. The molecule has 5 rings (SSSR count). The molecule has 0 radical (unpaired) electrons. The molecule has 7 amide bonds. The molecule has 6 N–H and O–H groups in total. The monoisotopic (exact) mass is 1030 g/mol. The van der Waals surface area contributed by atoms with Crippen LogP contribution in [-0.2, 0) is 56.7 Å². The number of amides is 7. The first-order valence-electron chi connectivity index (χ1n) is 25.6. The molecule has 0 spiro atoms. The summed E-state index contributed by atoms with van der Waals surface area (Å²) < 4.78 is 7.85. The highest BCUT2D eigenvalue weighted by atomic mass is 16.6. The summed E-state index contributed by atoms with van der Waals surface area (Å²) in [6.45, 7) is 19.0. The van der Waals surface area contributed by atoms with Gasteiger partial charge in [-0.2, -0.15) is 0 Å². The van der Waals surface area contributed by atoms with Crippen molar-refractivity contribution in [3.8, 4) is 5.75 Å². The summed E-state index contributed by atoms with van der Waals surface area (Å²) in [7, 11) is 2.85. The number of likely N-dealkylation sites (N-methyl/N-ethyl adjacent to an activating group) is 2. The van der Waals surface area contributed by atoms with Crippen molar-refractivity contribution < 1.29 is 48.3 Å². The number of nitro benzene ring substituents is 1. The van der Waals surface area contributed by atoms with Gasteiger partial charge in [0.1, 0.15) is 48.4 Å². The molecule has 2 saturated heterocycles. The van der Waals surface area contributed by atoms with Gasteiger partial charge in [0.2, 0.25) is 41.4 Å². The minimum absolute atomic E-state index is 0.0120. The number of aromatic hydroxyl groups is 1. The highest BCUT2D eigenvalue weighted by molar-refractivity contribution is 5.99. The summed E-state index contributed by atoms with van der Waals surface area (Å²) in [6, 6.07) is 2.28. The first-order valence-corrected chi connectivity index (χ1v) is 25.6. The number of aromatic nitrogens is 1. The quantitative estimate of drug-likeness (QED) is 0.0538. The number of benzene rings is 2. The largest absolute Gasteiger partial charge is 0.502 e. The Morgan fingerprint density at radius 1 is 0.730 bits per heavy atom. The second-order valence-electron chi connectivity index (χ2n) is 21.6. The summed E-state index contributed by atoms with van der Waals surface area (Å²) in [4.78, 5) is 116. The van der Waals surface area contributed by atoms with Gasteiger partial charge >= 0.3 is 5.69 Å². The van der Waals surface area contributed by atoms with E-state index >= 15 is 4.79 Å². The van der Waals surface area contributed by atoms with Gasteiger partial charge < -0.3 is 50.8 Å². The van der Waals surface area contributed by atoms with Crippen LogP contribution in [0.3, 0.4) is 0 Å². The number of carbonyl (C=O) groups is 7. The number of epoxide rings is 1. The number of nitro groups is 1. The van der Waals surface area contributed by atoms with Crippen LogP contribution in [0.25, 0.3) is 10.9 Å². The van der Waals surface area contributed by atoms with Crippen molar-refractivity contribution in [3.63, 3.8) is 0 Å².